The minimum atomic E-state index is -0.614. The molecule has 0 aromatic heterocycles. The van der Waals surface area contributed by atoms with Gasteiger partial charge >= 0.3 is 5.97 Å². The zero-order chi connectivity index (χ0) is 8.97. The summed E-state index contributed by atoms with van der Waals surface area (Å²) in [6, 6.07) is 0. The standard InChI is InChI=1S/C8H14O2S2/c1-11-5-7(8(9)10)6-2-3-12-4-6/h6-7H,2-5H2,1H3,(H,9,10). The van der Waals surface area contributed by atoms with Crippen LogP contribution in [-0.4, -0.2) is 34.6 Å². The first-order valence-corrected chi connectivity index (χ1v) is 6.60. The molecule has 1 N–H and O–H groups in total. The molecule has 70 valence electrons. The zero-order valence-corrected chi connectivity index (χ0v) is 8.79. The van der Waals surface area contributed by atoms with Gasteiger partial charge in [-0.05, 0) is 30.1 Å². The van der Waals surface area contributed by atoms with Crippen LogP contribution in [0.1, 0.15) is 6.42 Å². The Morgan fingerprint density at radius 3 is 3.00 bits per heavy atom. The van der Waals surface area contributed by atoms with Crippen molar-refractivity contribution in [3.63, 3.8) is 0 Å². The summed E-state index contributed by atoms with van der Waals surface area (Å²) in [5.74, 6) is 2.63. The average molecular weight is 206 g/mol. The maximum absolute atomic E-state index is 10.9. The number of carbonyl (C=O) groups is 1. The highest BCUT2D eigenvalue weighted by atomic mass is 32.2. The summed E-state index contributed by atoms with van der Waals surface area (Å²) < 4.78 is 0. The van der Waals surface area contributed by atoms with Crippen molar-refractivity contribution in [1.82, 2.24) is 0 Å². The number of rotatable bonds is 4. The van der Waals surface area contributed by atoms with Gasteiger partial charge in [-0.3, -0.25) is 4.79 Å². The normalized spacial score (nSPS) is 25.6. The van der Waals surface area contributed by atoms with E-state index in [2.05, 4.69) is 0 Å². The Bertz CT molecular complexity index is 155. The fraction of sp³-hybridized carbons (Fsp3) is 0.875. The number of thioether (sulfide) groups is 2. The summed E-state index contributed by atoms with van der Waals surface area (Å²) >= 11 is 3.52. The van der Waals surface area contributed by atoms with Crippen LogP contribution in [-0.2, 0) is 4.79 Å². The van der Waals surface area contributed by atoms with Crippen molar-refractivity contribution in [2.45, 2.75) is 6.42 Å². The van der Waals surface area contributed by atoms with E-state index in [0.29, 0.717) is 5.92 Å². The van der Waals surface area contributed by atoms with Gasteiger partial charge in [-0.25, -0.2) is 0 Å². The van der Waals surface area contributed by atoms with Crippen molar-refractivity contribution in [2.75, 3.05) is 23.5 Å². The van der Waals surface area contributed by atoms with Crippen LogP contribution in [0.3, 0.4) is 0 Å². The topological polar surface area (TPSA) is 37.3 Å². The van der Waals surface area contributed by atoms with Gasteiger partial charge in [-0.1, -0.05) is 0 Å². The monoisotopic (exact) mass is 206 g/mol. The van der Waals surface area contributed by atoms with E-state index in [9.17, 15) is 4.79 Å². The molecule has 1 fully saturated rings. The van der Waals surface area contributed by atoms with Crippen molar-refractivity contribution in [1.29, 1.82) is 0 Å². The van der Waals surface area contributed by atoms with Gasteiger partial charge < -0.3 is 5.11 Å². The van der Waals surface area contributed by atoms with Crippen LogP contribution in [0.5, 0.6) is 0 Å². The van der Waals surface area contributed by atoms with Gasteiger partial charge in [0.1, 0.15) is 0 Å². The first-order valence-electron chi connectivity index (χ1n) is 4.05. The van der Waals surface area contributed by atoms with Gasteiger partial charge in [0.25, 0.3) is 0 Å². The number of hydrogen-bond acceptors (Lipinski definition) is 3. The largest absolute Gasteiger partial charge is 0.481 e. The molecule has 0 spiro atoms. The predicted octanol–water partition coefficient (Wildman–Crippen LogP) is 1.80. The molecular formula is C8H14O2S2. The van der Waals surface area contributed by atoms with Gasteiger partial charge in [-0.15, -0.1) is 0 Å². The molecule has 2 nitrogen and oxygen atoms in total. The van der Waals surface area contributed by atoms with Crippen molar-refractivity contribution in [3.05, 3.63) is 0 Å². The summed E-state index contributed by atoms with van der Waals surface area (Å²) in [4.78, 5) is 10.9. The molecule has 0 bridgehead atoms. The Balaban J connectivity index is 2.45. The smallest absolute Gasteiger partial charge is 0.307 e. The van der Waals surface area contributed by atoms with E-state index in [-0.39, 0.29) is 5.92 Å². The summed E-state index contributed by atoms with van der Waals surface area (Å²) in [5, 5.41) is 8.94. The molecule has 1 heterocycles. The average Bonchev–Trinajstić information content (AvgIpc) is 2.51. The Hall–Kier alpha value is 0.170. The summed E-state index contributed by atoms with van der Waals surface area (Å²) in [6.07, 6.45) is 3.06. The van der Waals surface area contributed by atoms with Gasteiger partial charge in [0.2, 0.25) is 0 Å². The van der Waals surface area contributed by atoms with E-state index in [1.165, 1.54) is 0 Å². The lowest BCUT2D eigenvalue weighted by atomic mass is 9.94. The molecule has 0 radical (unpaired) electrons. The first-order chi connectivity index (χ1) is 5.75. The van der Waals surface area contributed by atoms with Gasteiger partial charge in [0.05, 0.1) is 5.92 Å². The fourth-order valence-electron chi connectivity index (χ4n) is 1.46. The lowest BCUT2D eigenvalue weighted by Crippen LogP contribution is -2.25. The minimum Gasteiger partial charge on any atom is -0.481 e. The van der Waals surface area contributed by atoms with Crippen molar-refractivity contribution < 1.29 is 9.90 Å². The van der Waals surface area contributed by atoms with Crippen LogP contribution in [0, 0.1) is 11.8 Å². The third-order valence-corrected chi connectivity index (χ3v) is 4.08. The van der Waals surface area contributed by atoms with E-state index >= 15 is 0 Å². The van der Waals surface area contributed by atoms with Crippen molar-refractivity contribution >= 4 is 29.5 Å². The fourth-order valence-corrected chi connectivity index (χ4v) is 3.57. The van der Waals surface area contributed by atoms with E-state index in [4.69, 9.17) is 5.11 Å². The summed E-state index contributed by atoms with van der Waals surface area (Å²) in [6.45, 7) is 0. The molecule has 0 aliphatic carbocycles. The predicted molar refractivity (Wildman–Crippen MR) is 54.9 cm³/mol. The molecule has 1 rings (SSSR count). The Morgan fingerprint density at radius 1 is 1.83 bits per heavy atom. The molecule has 0 aromatic carbocycles. The molecule has 0 amide bonds. The Kier molecular flexibility index (Phi) is 4.29. The SMILES string of the molecule is CSCC(C(=O)O)C1CCSC1. The number of aliphatic carboxylic acids is 1. The molecule has 1 saturated heterocycles. The highest BCUT2D eigenvalue weighted by Gasteiger charge is 2.30. The van der Waals surface area contributed by atoms with Crippen molar-refractivity contribution in [3.8, 4) is 0 Å². The summed E-state index contributed by atoms with van der Waals surface area (Å²) in [7, 11) is 0. The molecule has 4 heteroatoms. The number of hydrogen-bond donors (Lipinski definition) is 1. The molecule has 0 aromatic rings. The first kappa shape index (κ1) is 10.3. The Labute approximate surface area is 81.5 Å². The lowest BCUT2D eigenvalue weighted by molar-refractivity contribution is -0.142. The minimum absolute atomic E-state index is 0.116. The van der Waals surface area contributed by atoms with E-state index in [1.54, 1.807) is 11.8 Å². The van der Waals surface area contributed by atoms with Crippen LogP contribution in [0.2, 0.25) is 0 Å². The molecule has 0 saturated carbocycles. The molecule has 1 aliphatic heterocycles. The maximum atomic E-state index is 10.9. The molecule has 2 unspecified atom stereocenters. The molecule has 2 atom stereocenters. The van der Waals surface area contributed by atoms with Crippen LogP contribution >= 0.6 is 23.5 Å². The third kappa shape index (κ3) is 2.59. The van der Waals surface area contributed by atoms with Gasteiger partial charge in [0.15, 0.2) is 0 Å². The third-order valence-electron chi connectivity index (χ3n) is 2.20. The maximum Gasteiger partial charge on any atom is 0.307 e. The quantitative estimate of drug-likeness (QED) is 0.761. The second kappa shape index (κ2) is 5.02. The van der Waals surface area contributed by atoms with Crippen LogP contribution < -0.4 is 0 Å². The van der Waals surface area contributed by atoms with Crippen molar-refractivity contribution in [2.24, 2.45) is 11.8 Å². The highest BCUT2D eigenvalue weighted by molar-refractivity contribution is 7.99. The molecular weight excluding hydrogens is 192 g/mol. The molecule has 12 heavy (non-hydrogen) atoms. The van der Waals surface area contributed by atoms with Gasteiger partial charge in [0, 0.05) is 5.75 Å². The number of carboxylic acid groups (broad SMARTS) is 1. The number of carboxylic acids is 1. The van der Waals surface area contributed by atoms with E-state index in [1.807, 2.05) is 18.0 Å². The van der Waals surface area contributed by atoms with Crippen LogP contribution in [0.15, 0.2) is 0 Å². The van der Waals surface area contributed by atoms with Crippen LogP contribution in [0.4, 0.5) is 0 Å². The zero-order valence-electron chi connectivity index (χ0n) is 7.16. The van der Waals surface area contributed by atoms with Crippen LogP contribution in [0.25, 0.3) is 0 Å². The van der Waals surface area contributed by atoms with Gasteiger partial charge in [-0.2, -0.15) is 23.5 Å². The van der Waals surface area contributed by atoms with E-state index in [0.717, 1.165) is 23.7 Å². The molecule has 1 aliphatic rings. The lowest BCUT2D eigenvalue weighted by Gasteiger charge is -2.16. The van der Waals surface area contributed by atoms with E-state index < -0.39 is 5.97 Å². The second-order valence-electron chi connectivity index (χ2n) is 3.02. The summed E-state index contributed by atoms with van der Waals surface area (Å²) in [5.41, 5.74) is 0. The highest BCUT2D eigenvalue weighted by Crippen LogP contribution is 2.31. The Morgan fingerprint density at radius 2 is 2.58 bits per heavy atom. The second-order valence-corrected chi connectivity index (χ2v) is 5.08.